The van der Waals surface area contributed by atoms with Gasteiger partial charge in [-0.1, -0.05) is 6.07 Å². The second kappa shape index (κ2) is 9.75. The van der Waals surface area contributed by atoms with E-state index in [0.29, 0.717) is 18.7 Å². The number of nitrogens with zero attached hydrogens (tertiary/aromatic N) is 4. The fourth-order valence-corrected chi connectivity index (χ4v) is 4.64. The van der Waals surface area contributed by atoms with Crippen molar-refractivity contribution in [3.63, 3.8) is 0 Å². The van der Waals surface area contributed by atoms with Crippen LogP contribution in [0.3, 0.4) is 0 Å². The van der Waals surface area contributed by atoms with Crippen LogP contribution in [0.15, 0.2) is 36.5 Å². The highest BCUT2D eigenvalue weighted by molar-refractivity contribution is 5.77. The minimum Gasteiger partial charge on any atom is -0.347 e. The number of anilines is 1. The smallest absolute Gasteiger partial charge is 0.257 e. The molecule has 2 aromatic rings. The van der Waals surface area contributed by atoms with Gasteiger partial charge in [0.1, 0.15) is 11.9 Å². The third-order valence-electron chi connectivity index (χ3n) is 6.23. The van der Waals surface area contributed by atoms with Crippen LogP contribution in [0.5, 0.6) is 0 Å². The Morgan fingerprint density at radius 2 is 1.88 bits per heavy atom. The molecule has 4 rings (SSSR count). The van der Waals surface area contributed by atoms with Gasteiger partial charge in [0.25, 0.3) is 6.43 Å². The van der Waals surface area contributed by atoms with E-state index >= 15 is 0 Å². The zero-order valence-electron chi connectivity index (χ0n) is 17.7. The van der Waals surface area contributed by atoms with Crippen LogP contribution in [0, 0.1) is 23.0 Å². The van der Waals surface area contributed by atoms with E-state index in [-0.39, 0.29) is 36.5 Å². The summed E-state index contributed by atoms with van der Waals surface area (Å²) in [6, 6.07) is 6.96. The maximum atomic E-state index is 13.5. The van der Waals surface area contributed by atoms with Gasteiger partial charge in [0.05, 0.1) is 11.6 Å². The van der Waals surface area contributed by atoms with E-state index in [9.17, 15) is 22.4 Å². The van der Waals surface area contributed by atoms with Crippen LogP contribution in [-0.2, 0) is 4.79 Å². The molecular weight excluding hydrogens is 438 g/mol. The Morgan fingerprint density at radius 1 is 1.15 bits per heavy atom. The second-order valence-corrected chi connectivity index (χ2v) is 8.30. The number of carbonyl (C=O) groups excluding carboxylic acids is 1. The zero-order valence-corrected chi connectivity index (χ0v) is 17.7. The monoisotopic (exact) mass is 461 g/mol. The molecule has 0 radical (unpaired) electrons. The van der Waals surface area contributed by atoms with Gasteiger partial charge in [0.2, 0.25) is 5.91 Å². The number of nitriles is 1. The van der Waals surface area contributed by atoms with Crippen LogP contribution in [-0.4, -0.2) is 53.9 Å². The van der Waals surface area contributed by atoms with Crippen LogP contribution in [0.25, 0.3) is 0 Å². The van der Waals surface area contributed by atoms with E-state index in [1.807, 2.05) is 12.1 Å². The lowest BCUT2D eigenvalue weighted by atomic mass is 10.1. The fourth-order valence-electron chi connectivity index (χ4n) is 4.64. The van der Waals surface area contributed by atoms with E-state index in [1.54, 1.807) is 11.0 Å². The SMILES string of the molecule is N#Cc1ccc(N2C3CCC2CN(C(=O)CCN[C@H](c2ccc(F)c(F)c2)C(F)F)C3)nc1. The number of hydrogen-bond acceptors (Lipinski definition) is 5. The molecule has 3 heterocycles. The molecule has 2 aliphatic heterocycles. The number of alkyl halides is 2. The first kappa shape index (κ1) is 23.0. The third-order valence-corrected chi connectivity index (χ3v) is 6.23. The predicted molar refractivity (Wildman–Crippen MR) is 113 cm³/mol. The number of likely N-dealkylation sites (tertiary alicyclic amines) is 1. The summed E-state index contributed by atoms with van der Waals surface area (Å²) in [7, 11) is 0. The molecule has 0 aliphatic carbocycles. The molecule has 1 aromatic heterocycles. The van der Waals surface area contributed by atoms with Crippen LogP contribution in [0.1, 0.15) is 36.4 Å². The standard InChI is InChI=1S/C23H23F4N5O/c24-18-5-2-15(9-19(18)25)22(23(26)27)29-8-7-21(33)31-12-16-3-4-17(13-31)32(16)20-6-1-14(10-28)11-30-20/h1-2,5-6,9,11,16-17,22-23,29H,3-4,7-8,12-13H2/t16?,17?,22-/m1/s1. The van der Waals surface area contributed by atoms with E-state index < -0.39 is 24.1 Å². The van der Waals surface area contributed by atoms with Crippen molar-refractivity contribution in [1.29, 1.82) is 5.26 Å². The summed E-state index contributed by atoms with van der Waals surface area (Å²) >= 11 is 0. The molecule has 0 spiro atoms. The van der Waals surface area contributed by atoms with E-state index in [2.05, 4.69) is 15.2 Å². The zero-order chi connectivity index (χ0) is 23.5. The van der Waals surface area contributed by atoms with Crippen LogP contribution >= 0.6 is 0 Å². The summed E-state index contributed by atoms with van der Waals surface area (Å²) in [5.41, 5.74) is 0.413. The molecule has 2 unspecified atom stereocenters. The van der Waals surface area contributed by atoms with Crippen molar-refractivity contribution in [3.05, 3.63) is 59.3 Å². The van der Waals surface area contributed by atoms with Gasteiger partial charge in [-0.05, 0) is 42.7 Å². The number of rotatable bonds is 7. The Hall–Kier alpha value is -3.19. The number of benzene rings is 1. The molecule has 174 valence electrons. The molecular formula is C23H23F4N5O. The van der Waals surface area contributed by atoms with Crippen molar-refractivity contribution in [2.75, 3.05) is 24.5 Å². The molecule has 6 nitrogen and oxygen atoms in total. The summed E-state index contributed by atoms with van der Waals surface area (Å²) < 4.78 is 53.5. The molecule has 2 aliphatic rings. The third kappa shape index (κ3) is 4.93. The normalized spacial score (nSPS) is 20.7. The van der Waals surface area contributed by atoms with Crippen molar-refractivity contribution in [2.45, 2.75) is 43.8 Å². The molecule has 1 amide bonds. The van der Waals surface area contributed by atoms with Crippen molar-refractivity contribution in [3.8, 4) is 6.07 Å². The number of pyridine rings is 1. The number of aromatic nitrogens is 1. The summed E-state index contributed by atoms with van der Waals surface area (Å²) in [5, 5.41) is 11.6. The Labute approximate surface area is 188 Å². The molecule has 2 bridgehead atoms. The van der Waals surface area contributed by atoms with E-state index in [4.69, 9.17) is 5.26 Å². The number of nitrogens with one attached hydrogen (secondary N) is 1. The average molecular weight is 461 g/mol. The summed E-state index contributed by atoms with van der Waals surface area (Å²) in [6.45, 7) is 1.01. The van der Waals surface area contributed by atoms with E-state index in [0.717, 1.165) is 36.9 Å². The van der Waals surface area contributed by atoms with E-state index in [1.165, 1.54) is 6.20 Å². The molecule has 33 heavy (non-hydrogen) atoms. The van der Waals surface area contributed by atoms with Crippen LogP contribution in [0.4, 0.5) is 23.4 Å². The fraction of sp³-hybridized carbons (Fsp3) is 0.435. The van der Waals surface area contributed by atoms with Crippen LogP contribution < -0.4 is 10.2 Å². The highest BCUT2D eigenvalue weighted by Gasteiger charge is 2.41. The van der Waals surface area contributed by atoms with Crippen molar-refractivity contribution in [1.82, 2.24) is 15.2 Å². The summed E-state index contributed by atoms with van der Waals surface area (Å²) in [5.74, 6) is -1.67. The topological polar surface area (TPSA) is 72.3 Å². The van der Waals surface area contributed by atoms with Gasteiger partial charge >= 0.3 is 0 Å². The summed E-state index contributed by atoms with van der Waals surface area (Å²) in [6.07, 6.45) is 0.533. The van der Waals surface area contributed by atoms with Gasteiger partial charge in [0.15, 0.2) is 11.6 Å². The minimum absolute atomic E-state index is 0.0143. The van der Waals surface area contributed by atoms with Gasteiger partial charge in [-0.3, -0.25) is 4.79 Å². The highest BCUT2D eigenvalue weighted by atomic mass is 19.3. The minimum atomic E-state index is -2.84. The first-order valence-electron chi connectivity index (χ1n) is 10.8. The lowest BCUT2D eigenvalue weighted by Gasteiger charge is -2.42. The number of hydrogen-bond donors (Lipinski definition) is 1. The molecule has 10 heteroatoms. The number of halogens is 4. The van der Waals surface area contributed by atoms with Gasteiger partial charge in [-0.2, -0.15) is 5.26 Å². The van der Waals surface area contributed by atoms with Crippen molar-refractivity contribution >= 4 is 11.7 Å². The highest BCUT2D eigenvalue weighted by Crippen LogP contribution is 2.34. The Balaban J connectivity index is 1.33. The summed E-state index contributed by atoms with van der Waals surface area (Å²) in [4.78, 5) is 21.1. The first-order valence-corrected chi connectivity index (χ1v) is 10.8. The number of piperazine rings is 1. The predicted octanol–water partition coefficient (Wildman–Crippen LogP) is 3.40. The Morgan fingerprint density at radius 3 is 2.45 bits per heavy atom. The number of fused-ring (bicyclic) bond motifs is 2. The molecule has 0 saturated carbocycles. The van der Waals surface area contributed by atoms with Gasteiger partial charge in [0, 0.05) is 44.3 Å². The quantitative estimate of drug-likeness (QED) is 0.640. The van der Waals surface area contributed by atoms with Gasteiger partial charge < -0.3 is 15.1 Å². The molecule has 2 fully saturated rings. The molecule has 2 saturated heterocycles. The van der Waals surface area contributed by atoms with Crippen molar-refractivity contribution < 1.29 is 22.4 Å². The lowest BCUT2D eigenvalue weighted by molar-refractivity contribution is -0.132. The molecule has 3 atom stereocenters. The molecule has 1 aromatic carbocycles. The van der Waals surface area contributed by atoms with Crippen LogP contribution in [0.2, 0.25) is 0 Å². The Kier molecular flexibility index (Phi) is 6.79. The first-order chi connectivity index (χ1) is 15.9. The van der Waals surface area contributed by atoms with Crippen molar-refractivity contribution in [2.24, 2.45) is 0 Å². The maximum absolute atomic E-state index is 13.5. The number of carbonyl (C=O) groups is 1. The Bertz CT molecular complexity index is 1030. The lowest BCUT2D eigenvalue weighted by Crippen LogP contribution is -2.56. The van der Waals surface area contributed by atoms with Gasteiger partial charge in [-0.15, -0.1) is 0 Å². The molecule has 1 N–H and O–H groups in total. The maximum Gasteiger partial charge on any atom is 0.257 e. The second-order valence-electron chi connectivity index (χ2n) is 8.30. The largest absolute Gasteiger partial charge is 0.347 e. The van der Waals surface area contributed by atoms with Gasteiger partial charge in [-0.25, -0.2) is 22.5 Å². The number of amides is 1. The average Bonchev–Trinajstić information content (AvgIpc) is 3.07.